The van der Waals surface area contributed by atoms with Crippen molar-refractivity contribution in [1.29, 1.82) is 0 Å². The molecule has 0 radical (unpaired) electrons. The average Bonchev–Trinajstić information content (AvgIpc) is 2.36. The Bertz CT molecular complexity index is 337. The Hall–Kier alpha value is -0.930. The minimum atomic E-state index is -0.572. The van der Waals surface area contributed by atoms with Crippen LogP contribution in [0.25, 0.3) is 0 Å². The first kappa shape index (κ1) is 15.1. The number of hydrogen-bond donors (Lipinski definition) is 1. The van der Waals surface area contributed by atoms with E-state index in [-0.39, 0.29) is 5.82 Å². The summed E-state index contributed by atoms with van der Waals surface area (Å²) in [6.07, 6.45) is 2.33. The molecule has 1 aromatic carbocycles. The van der Waals surface area contributed by atoms with Crippen molar-refractivity contribution in [3.8, 4) is 0 Å². The number of aliphatic hydroxyl groups excluding tert-OH is 1. The van der Waals surface area contributed by atoms with Gasteiger partial charge in [-0.05, 0) is 50.0 Å². The van der Waals surface area contributed by atoms with Crippen LogP contribution in [0.3, 0.4) is 0 Å². The quantitative estimate of drug-likeness (QED) is 0.768. The van der Waals surface area contributed by atoms with Gasteiger partial charge in [-0.25, -0.2) is 4.39 Å². The van der Waals surface area contributed by atoms with E-state index in [1.807, 2.05) is 0 Å². The molecule has 1 rings (SSSR count). The third-order valence-electron chi connectivity index (χ3n) is 3.03. The van der Waals surface area contributed by atoms with E-state index in [0.29, 0.717) is 12.0 Å². The summed E-state index contributed by atoms with van der Waals surface area (Å²) in [5, 5.41) is 10.0. The molecule has 0 saturated carbocycles. The van der Waals surface area contributed by atoms with Gasteiger partial charge in [0, 0.05) is 6.54 Å². The molecule has 1 N–H and O–H groups in total. The predicted molar refractivity (Wildman–Crippen MR) is 73.0 cm³/mol. The van der Waals surface area contributed by atoms with E-state index in [1.54, 1.807) is 12.1 Å². The first-order valence-corrected chi connectivity index (χ1v) is 6.83. The van der Waals surface area contributed by atoms with Crippen LogP contribution in [0, 0.1) is 5.82 Å². The molecule has 0 saturated heterocycles. The highest BCUT2D eigenvalue weighted by Gasteiger charge is 2.10. The standard InChI is InChI=1S/C15H24FNO/c1-3-9-17(10-4-2)11-8-15(18)13-6-5-7-14(16)12-13/h5-7,12,15,18H,3-4,8-11H2,1-2H3. The van der Waals surface area contributed by atoms with Gasteiger partial charge in [-0.2, -0.15) is 0 Å². The van der Waals surface area contributed by atoms with E-state index in [9.17, 15) is 9.50 Å². The fourth-order valence-electron chi connectivity index (χ4n) is 2.15. The van der Waals surface area contributed by atoms with E-state index >= 15 is 0 Å². The van der Waals surface area contributed by atoms with Gasteiger partial charge in [-0.3, -0.25) is 0 Å². The summed E-state index contributed by atoms with van der Waals surface area (Å²) in [6.45, 7) is 7.30. The molecule has 1 atom stereocenters. The van der Waals surface area contributed by atoms with Crippen LogP contribution in [0.1, 0.15) is 44.8 Å². The van der Waals surface area contributed by atoms with Crippen molar-refractivity contribution in [2.75, 3.05) is 19.6 Å². The molecule has 1 unspecified atom stereocenters. The van der Waals surface area contributed by atoms with Crippen LogP contribution in [0.4, 0.5) is 4.39 Å². The molecule has 1 aromatic rings. The zero-order chi connectivity index (χ0) is 13.4. The third kappa shape index (κ3) is 5.15. The lowest BCUT2D eigenvalue weighted by Crippen LogP contribution is -2.27. The SMILES string of the molecule is CCCN(CCC)CCC(O)c1cccc(F)c1. The average molecular weight is 253 g/mol. The maximum Gasteiger partial charge on any atom is 0.123 e. The zero-order valence-electron chi connectivity index (χ0n) is 11.4. The van der Waals surface area contributed by atoms with Crippen LogP contribution in [0.2, 0.25) is 0 Å². The Morgan fingerprint density at radius 1 is 1.17 bits per heavy atom. The first-order valence-electron chi connectivity index (χ1n) is 6.83. The molecule has 102 valence electrons. The maximum absolute atomic E-state index is 13.0. The van der Waals surface area contributed by atoms with E-state index in [2.05, 4.69) is 18.7 Å². The molecule has 0 amide bonds. The Labute approximate surface area is 109 Å². The highest BCUT2D eigenvalue weighted by molar-refractivity contribution is 5.18. The highest BCUT2D eigenvalue weighted by atomic mass is 19.1. The summed E-state index contributed by atoms with van der Waals surface area (Å²) in [4.78, 5) is 2.35. The highest BCUT2D eigenvalue weighted by Crippen LogP contribution is 2.17. The number of rotatable bonds is 8. The summed E-state index contributed by atoms with van der Waals surface area (Å²) in [5.74, 6) is -0.287. The van der Waals surface area contributed by atoms with Crippen LogP contribution >= 0.6 is 0 Å². The minimum absolute atomic E-state index is 0.287. The molecule has 0 heterocycles. The fraction of sp³-hybridized carbons (Fsp3) is 0.600. The van der Waals surface area contributed by atoms with Crippen LogP contribution in [0.5, 0.6) is 0 Å². The van der Waals surface area contributed by atoms with Gasteiger partial charge in [0.25, 0.3) is 0 Å². The molecule has 0 aliphatic rings. The Kier molecular flexibility index (Phi) is 6.91. The van der Waals surface area contributed by atoms with Gasteiger partial charge in [-0.15, -0.1) is 0 Å². The molecular formula is C15H24FNO. The molecule has 0 aliphatic heterocycles. The second-order valence-corrected chi connectivity index (χ2v) is 4.70. The molecule has 0 fully saturated rings. The van der Waals surface area contributed by atoms with Crippen LogP contribution in [0.15, 0.2) is 24.3 Å². The summed E-state index contributed by atoms with van der Waals surface area (Å²) < 4.78 is 13.0. The van der Waals surface area contributed by atoms with Gasteiger partial charge in [0.1, 0.15) is 5.82 Å². The molecule has 2 nitrogen and oxygen atoms in total. The lowest BCUT2D eigenvalue weighted by atomic mass is 10.1. The topological polar surface area (TPSA) is 23.5 Å². The van der Waals surface area contributed by atoms with Crippen molar-refractivity contribution < 1.29 is 9.50 Å². The number of hydrogen-bond acceptors (Lipinski definition) is 2. The normalized spacial score (nSPS) is 12.9. The summed E-state index contributed by atoms with van der Waals surface area (Å²) in [5.41, 5.74) is 0.669. The van der Waals surface area contributed by atoms with E-state index in [4.69, 9.17) is 0 Å². The summed E-state index contributed by atoms with van der Waals surface area (Å²) in [6, 6.07) is 6.23. The second kappa shape index (κ2) is 8.22. The van der Waals surface area contributed by atoms with Gasteiger partial charge >= 0.3 is 0 Å². The predicted octanol–water partition coefficient (Wildman–Crippen LogP) is 3.37. The smallest absolute Gasteiger partial charge is 0.123 e. The van der Waals surface area contributed by atoms with E-state index < -0.39 is 6.10 Å². The van der Waals surface area contributed by atoms with E-state index in [1.165, 1.54) is 12.1 Å². The molecule has 0 aromatic heterocycles. The van der Waals surface area contributed by atoms with Gasteiger partial charge < -0.3 is 10.0 Å². The zero-order valence-corrected chi connectivity index (χ0v) is 11.4. The van der Waals surface area contributed by atoms with Crippen molar-refractivity contribution in [3.63, 3.8) is 0 Å². The minimum Gasteiger partial charge on any atom is -0.388 e. The van der Waals surface area contributed by atoms with Gasteiger partial charge in [0.2, 0.25) is 0 Å². The number of nitrogens with zero attached hydrogens (tertiary/aromatic N) is 1. The summed E-state index contributed by atoms with van der Waals surface area (Å²) >= 11 is 0. The third-order valence-corrected chi connectivity index (χ3v) is 3.03. The largest absolute Gasteiger partial charge is 0.388 e. The number of aliphatic hydroxyl groups is 1. The summed E-state index contributed by atoms with van der Waals surface area (Å²) in [7, 11) is 0. The van der Waals surface area contributed by atoms with Crippen molar-refractivity contribution in [2.45, 2.75) is 39.2 Å². The molecule has 0 spiro atoms. The van der Waals surface area contributed by atoms with Gasteiger partial charge in [-0.1, -0.05) is 26.0 Å². The maximum atomic E-state index is 13.0. The lowest BCUT2D eigenvalue weighted by molar-refractivity contribution is 0.141. The molecule has 0 aliphatic carbocycles. The van der Waals surface area contributed by atoms with Crippen LogP contribution in [-0.2, 0) is 0 Å². The number of benzene rings is 1. The first-order chi connectivity index (χ1) is 8.67. The second-order valence-electron chi connectivity index (χ2n) is 4.70. The molecule has 0 bridgehead atoms. The number of halogens is 1. The van der Waals surface area contributed by atoms with Crippen molar-refractivity contribution in [1.82, 2.24) is 4.90 Å². The molecular weight excluding hydrogens is 229 g/mol. The Balaban J connectivity index is 2.46. The molecule has 3 heteroatoms. The fourth-order valence-corrected chi connectivity index (χ4v) is 2.15. The van der Waals surface area contributed by atoms with E-state index in [0.717, 1.165) is 32.5 Å². The Morgan fingerprint density at radius 2 is 1.83 bits per heavy atom. The van der Waals surface area contributed by atoms with Crippen molar-refractivity contribution in [3.05, 3.63) is 35.6 Å². The molecule has 18 heavy (non-hydrogen) atoms. The van der Waals surface area contributed by atoms with Gasteiger partial charge in [0.15, 0.2) is 0 Å². The van der Waals surface area contributed by atoms with Crippen molar-refractivity contribution >= 4 is 0 Å². The van der Waals surface area contributed by atoms with Crippen LogP contribution < -0.4 is 0 Å². The van der Waals surface area contributed by atoms with Gasteiger partial charge in [0.05, 0.1) is 6.10 Å². The lowest BCUT2D eigenvalue weighted by Gasteiger charge is -2.22. The van der Waals surface area contributed by atoms with Crippen molar-refractivity contribution in [2.24, 2.45) is 0 Å². The monoisotopic (exact) mass is 253 g/mol. The Morgan fingerprint density at radius 3 is 2.39 bits per heavy atom. The van der Waals surface area contributed by atoms with Crippen LogP contribution in [-0.4, -0.2) is 29.6 Å².